The third-order valence-corrected chi connectivity index (χ3v) is 4.31. The Morgan fingerprint density at radius 2 is 1.64 bits per heavy atom. The molecule has 0 aromatic heterocycles. The predicted octanol–water partition coefficient (Wildman–Crippen LogP) is 3.20. The molecule has 2 aromatic rings. The van der Waals surface area contributed by atoms with Crippen LogP contribution < -0.4 is 10.6 Å². The standard InChI is InChI=1S/C20H21ClN2O5/c1-12(13-4-7-15(21)8-5-13)22-11-18(24)23-17-10-14(19(25)27-2)6-9-16(17)20(26)28-3/h4-10,12,22H,11H2,1-3H3,(H,23,24)/t12-/m0/s1. The molecule has 0 aliphatic rings. The molecule has 1 amide bonds. The number of esters is 2. The van der Waals surface area contributed by atoms with Crippen molar-refractivity contribution >= 4 is 35.1 Å². The van der Waals surface area contributed by atoms with Gasteiger partial charge in [0.2, 0.25) is 5.91 Å². The molecule has 28 heavy (non-hydrogen) atoms. The van der Waals surface area contributed by atoms with Gasteiger partial charge in [-0.25, -0.2) is 9.59 Å². The van der Waals surface area contributed by atoms with Crippen LogP contribution in [0.25, 0.3) is 0 Å². The number of benzene rings is 2. The van der Waals surface area contributed by atoms with E-state index in [4.69, 9.17) is 16.3 Å². The lowest BCUT2D eigenvalue weighted by Gasteiger charge is -2.15. The summed E-state index contributed by atoms with van der Waals surface area (Å²) < 4.78 is 9.39. The number of methoxy groups -OCH3 is 2. The van der Waals surface area contributed by atoms with E-state index in [1.807, 2.05) is 19.1 Å². The Hall–Kier alpha value is -2.90. The number of anilines is 1. The molecule has 0 bridgehead atoms. The van der Waals surface area contributed by atoms with Crippen LogP contribution in [0.5, 0.6) is 0 Å². The number of carbonyl (C=O) groups is 3. The van der Waals surface area contributed by atoms with Gasteiger partial charge in [0, 0.05) is 11.1 Å². The van der Waals surface area contributed by atoms with Gasteiger partial charge in [-0.3, -0.25) is 4.79 Å². The van der Waals surface area contributed by atoms with Crippen molar-refractivity contribution in [2.24, 2.45) is 0 Å². The van der Waals surface area contributed by atoms with Crippen LogP contribution in [0.2, 0.25) is 5.02 Å². The SMILES string of the molecule is COC(=O)c1ccc(C(=O)OC)c(NC(=O)CN[C@@H](C)c2ccc(Cl)cc2)c1. The second-order valence-corrected chi connectivity index (χ2v) is 6.38. The first-order chi connectivity index (χ1) is 13.3. The minimum atomic E-state index is -0.630. The zero-order chi connectivity index (χ0) is 20.7. The lowest BCUT2D eigenvalue weighted by molar-refractivity contribution is -0.115. The van der Waals surface area contributed by atoms with E-state index >= 15 is 0 Å². The molecule has 2 rings (SSSR count). The summed E-state index contributed by atoms with van der Waals surface area (Å²) >= 11 is 5.88. The summed E-state index contributed by atoms with van der Waals surface area (Å²) in [5.74, 6) is -1.59. The Balaban J connectivity index is 2.09. The topological polar surface area (TPSA) is 93.7 Å². The fourth-order valence-corrected chi connectivity index (χ4v) is 2.62. The second kappa shape index (κ2) is 9.87. The number of nitrogens with one attached hydrogen (secondary N) is 2. The highest BCUT2D eigenvalue weighted by Gasteiger charge is 2.17. The minimum absolute atomic E-state index is 0.00709. The zero-order valence-electron chi connectivity index (χ0n) is 15.7. The van der Waals surface area contributed by atoms with E-state index < -0.39 is 11.9 Å². The maximum Gasteiger partial charge on any atom is 0.339 e. The Morgan fingerprint density at radius 3 is 2.25 bits per heavy atom. The molecular weight excluding hydrogens is 384 g/mol. The third-order valence-electron chi connectivity index (χ3n) is 4.06. The van der Waals surface area contributed by atoms with E-state index in [9.17, 15) is 14.4 Å². The van der Waals surface area contributed by atoms with Gasteiger partial charge in [0.05, 0.1) is 37.6 Å². The highest BCUT2D eigenvalue weighted by Crippen LogP contribution is 2.20. The second-order valence-electron chi connectivity index (χ2n) is 5.95. The van der Waals surface area contributed by atoms with Gasteiger partial charge in [0.25, 0.3) is 0 Å². The van der Waals surface area contributed by atoms with E-state index in [2.05, 4.69) is 15.4 Å². The average molecular weight is 405 g/mol. The maximum absolute atomic E-state index is 12.4. The van der Waals surface area contributed by atoms with Crippen LogP contribution in [0, 0.1) is 0 Å². The maximum atomic E-state index is 12.4. The largest absolute Gasteiger partial charge is 0.465 e. The van der Waals surface area contributed by atoms with Gasteiger partial charge in [-0.15, -0.1) is 0 Å². The smallest absolute Gasteiger partial charge is 0.339 e. The third kappa shape index (κ3) is 5.55. The van der Waals surface area contributed by atoms with Crippen LogP contribution in [0.3, 0.4) is 0 Å². The summed E-state index contributed by atoms with van der Waals surface area (Å²) in [7, 11) is 2.48. The molecule has 0 unspecified atom stereocenters. The van der Waals surface area contributed by atoms with Gasteiger partial charge in [0.1, 0.15) is 0 Å². The summed E-state index contributed by atoms with van der Waals surface area (Å²) in [6.45, 7) is 1.90. The van der Waals surface area contributed by atoms with Crippen LogP contribution in [-0.2, 0) is 14.3 Å². The van der Waals surface area contributed by atoms with Gasteiger partial charge >= 0.3 is 11.9 Å². The molecule has 7 nitrogen and oxygen atoms in total. The summed E-state index contributed by atoms with van der Waals surface area (Å²) in [5.41, 5.74) is 1.48. The van der Waals surface area contributed by atoms with Crippen molar-refractivity contribution in [2.75, 3.05) is 26.1 Å². The van der Waals surface area contributed by atoms with Crippen LogP contribution >= 0.6 is 11.6 Å². The zero-order valence-corrected chi connectivity index (χ0v) is 16.5. The quantitative estimate of drug-likeness (QED) is 0.688. The molecule has 0 aliphatic heterocycles. The molecule has 0 radical (unpaired) electrons. The van der Waals surface area contributed by atoms with Crippen LogP contribution in [0.4, 0.5) is 5.69 Å². The van der Waals surface area contributed by atoms with Crippen LogP contribution in [-0.4, -0.2) is 38.6 Å². The van der Waals surface area contributed by atoms with Gasteiger partial charge in [-0.05, 0) is 42.8 Å². The Bertz CT molecular complexity index is 867. The first-order valence-corrected chi connectivity index (χ1v) is 8.83. The highest BCUT2D eigenvalue weighted by molar-refractivity contribution is 6.30. The van der Waals surface area contributed by atoms with Gasteiger partial charge in [-0.2, -0.15) is 0 Å². The molecule has 0 fully saturated rings. The van der Waals surface area contributed by atoms with Crippen molar-refractivity contribution < 1.29 is 23.9 Å². The molecule has 0 aliphatic carbocycles. The van der Waals surface area contributed by atoms with E-state index in [-0.39, 0.29) is 35.3 Å². The van der Waals surface area contributed by atoms with Crippen LogP contribution in [0.1, 0.15) is 39.2 Å². The number of carbonyl (C=O) groups excluding carboxylic acids is 3. The summed E-state index contributed by atoms with van der Waals surface area (Å²) in [6.07, 6.45) is 0. The summed E-state index contributed by atoms with van der Waals surface area (Å²) in [4.78, 5) is 36.0. The van der Waals surface area contributed by atoms with E-state index in [0.29, 0.717) is 5.02 Å². The summed E-state index contributed by atoms with van der Waals surface area (Å²) in [5, 5.41) is 6.35. The normalized spacial score (nSPS) is 11.4. The van der Waals surface area contributed by atoms with Crippen molar-refractivity contribution in [3.8, 4) is 0 Å². The molecule has 0 spiro atoms. The number of halogens is 1. The molecule has 0 heterocycles. The number of rotatable bonds is 7. The fourth-order valence-electron chi connectivity index (χ4n) is 2.49. The lowest BCUT2D eigenvalue weighted by Crippen LogP contribution is -2.30. The van der Waals surface area contributed by atoms with Crippen LogP contribution in [0.15, 0.2) is 42.5 Å². The monoisotopic (exact) mass is 404 g/mol. The Labute approximate surface area is 168 Å². The first kappa shape index (κ1) is 21.4. The van der Waals surface area contributed by atoms with E-state index in [1.54, 1.807) is 12.1 Å². The van der Waals surface area contributed by atoms with Gasteiger partial charge in [-0.1, -0.05) is 23.7 Å². The van der Waals surface area contributed by atoms with E-state index in [0.717, 1.165) is 5.56 Å². The number of amides is 1. The summed E-state index contributed by atoms with van der Waals surface area (Å²) in [6, 6.07) is 11.4. The Kier molecular flexibility index (Phi) is 7.54. The predicted molar refractivity (Wildman–Crippen MR) is 106 cm³/mol. The molecule has 2 N–H and O–H groups in total. The molecule has 1 atom stereocenters. The van der Waals surface area contributed by atoms with Crippen molar-refractivity contribution in [1.82, 2.24) is 5.32 Å². The number of hydrogen-bond acceptors (Lipinski definition) is 6. The van der Waals surface area contributed by atoms with Crippen molar-refractivity contribution in [3.63, 3.8) is 0 Å². The number of hydrogen-bond donors (Lipinski definition) is 2. The first-order valence-electron chi connectivity index (χ1n) is 8.45. The van der Waals surface area contributed by atoms with Crippen molar-refractivity contribution in [1.29, 1.82) is 0 Å². The Morgan fingerprint density at radius 1 is 1.00 bits per heavy atom. The van der Waals surface area contributed by atoms with Crippen molar-refractivity contribution in [3.05, 3.63) is 64.2 Å². The van der Waals surface area contributed by atoms with E-state index in [1.165, 1.54) is 32.4 Å². The fraction of sp³-hybridized carbons (Fsp3) is 0.250. The van der Waals surface area contributed by atoms with Gasteiger partial charge < -0.3 is 20.1 Å². The van der Waals surface area contributed by atoms with Crippen molar-refractivity contribution in [2.45, 2.75) is 13.0 Å². The highest BCUT2D eigenvalue weighted by atomic mass is 35.5. The average Bonchev–Trinajstić information content (AvgIpc) is 2.71. The van der Waals surface area contributed by atoms with Gasteiger partial charge in [0.15, 0.2) is 0 Å². The minimum Gasteiger partial charge on any atom is -0.465 e. The molecule has 2 aromatic carbocycles. The molecular formula is C20H21ClN2O5. The molecule has 148 valence electrons. The lowest BCUT2D eigenvalue weighted by atomic mass is 10.1. The molecule has 0 saturated carbocycles. The molecule has 0 saturated heterocycles. The number of ether oxygens (including phenoxy) is 2. The molecule has 8 heteroatoms.